The minimum Gasteiger partial charge on any atom is -0.507 e. The van der Waals surface area contributed by atoms with Gasteiger partial charge in [-0.1, -0.05) is 29.3 Å². The highest BCUT2D eigenvalue weighted by Crippen LogP contribution is 2.40. The maximum atomic E-state index is 12.9. The Balaban J connectivity index is 1.66. The lowest BCUT2D eigenvalue weighted by molar-refractivity contribution is -1.01. The molecule has 0 spiro atoms. The number of fused-ring (bicyclic) bond motifs is 1. The van der Waals surface area contributed by atoms with Crippen LogP contribution in [0.15, 0.2) is 36.1 Å². The molecule has 2 aromatic carbocycles. The topological polar surface area (TPSA) is 55.4 Å². The molecule has 0 bridgehead atoms. The summed E-state index contributed by atoms with van der Waals surface area (Å²) in [5, 5.41) is 11.3. The van der Waals surface area contributed by atoms with Crippen LogP contribution in [0.2, 0.25) is 10.0 Å². The number of likely N-dealkylation sites (N-methyl/N-ethyl adjacent to an activating group) is 1. The molecule has 0 saturated carbocycles. The van der Waals surface area contributed by atoms with Gasteiger partial charge in [0.05, 0.1) is 18.2 Å². The summed E-state index contributed by atoms with van der Waals surface area (Å²) in [6, 6.07) is 8.34. The van der Waals surface area contributed by atoms with Crippen LogP contribution in [-0.2, 0) is 6.54 Å². The number of phenolic OH excluding ortho intramolecular Hbond substituents is 1. The highest BCUT2D eigenvalue weighted by molar-refractivity contribution is 6.37. The summed E-state index contributed by atoms with van der Waals surface area (Å²) in [6.07, 6.45) is 1.57. The first-order valence-electron chi connectivity index (χ1n) is 9.32. The van der Waals surface area contributed by atoms with Crippen LogP contribution in [0.25, 0.3) is 6.08 Å². The van der Waals surface area contributed by atoms with Crippen molar-refractivity contribution in [3.63, 3.8) is 0 Å². The number of hydrogen-bond donors (Lipinski definition) is 3. The molecule has 0 radical (unpaired) electrons. The van der Waals surface area contributed by atoms with Gasteiger partial charge in [0.25, 0.3) is 0 Å². The Morgan fingerprint density at radius 3 is 2.46 bits per heavy atom. The van der Waals surface area contributed by atoms with Gasteiger partial charge < -0.3 is 19.6 Å². The third-order valence-electron chi connectivity index (χ3n) is 5.43. The molecule has 1 saturated heterocycles. The Labute approximate surface area is 173 Å². The number of halogens is 2. The van der Waals surface area contributed by atoms with Crippen LogP contribution >= 0.6 is 23.2 Å². The van der Waals surface area contributed by atoms with Crippen LogP contribution in [-0.4, -0.2) is 44.1 Å². The maximum Gasteiger partial charge on any atom is 0.231 e. The van der Waals surface area contributed by atoms with E-state index in [0.717, 1.165) is 26.2 Å². The summed E-state index contributed by atoms with van der Waals surface area (Å²) in [7, 11) is 2.19. The molecular formula is C21H22Cl2N2O3+2. The average Bonchev–Trinajstić information content (AvgIpc) is 2.98. The van der Waals surface area contributed by atoms with Crippen LogP contribution < -0.4 is 14.5 Å². The van der Waals surface area contributed by atoms with E-state index in [1.807, 2.05) is 0 Å². The van der Waals surface area contributed by atoms with E-state index in [0.29, 0.717) is 39.0 Å². The quantitative estimate of drug-likeness (QED) is 0.654. The Hall–Kier alpha value is -2.05. The van der Waals surface area contributed by atoms with E-state index in [2.05, 4.69) is 7.05 Å². The molecule has 0 aromatic heterocycles. The molecule has 0 amide bonds. The fraction of sp³-hybridized carbons (Fsp3) is 0.286. The Bertz CT molecular complexity index is 946. The number of ketones is 1. The van der Waals surface area contributed by atoms with E-state index in [4.69, 9.17) is 27.9 Å². The SMILES string of the molecule is C[NH+]1CC[NH+](Cc2c(O)ccc3c2O/C(=C/c2c(Cl)cccc2Cl)C3=O)CC1. The summed E-state index contributed by atoms with van der Waals surface area (Å²) in [4.78, 5) is 15.7. The zero-order valence-corrected chi connectivity index (χ0v) is 17.0. The van der Waals surface area contributed by atoms with Crippen LogP contribution in [0.1, 0.15) is 21.5 Å². The van der Waals surface area contributed by atoms with Crippen molar-refractivity contribution < 1.29 is 24.4 Å². The summed E-state index contributed by atoms with van der Waals surface area (Å²) < 4.78 is 5.92. The van der Waals surface area contributed by atoms with Gasteiger partial charge in [0, 0.05) is 15.6 Å². The zero-order valence-electron chi connectivity index (χ0n) is 15.5. The van der Waals surface area contributed by atoms with Crippen molar-refractivity contribution in [2.45, 2.75) is 6.54 Å². The number of aromatic hydroxyl groups is 1. The smallest absolute Gasteiger partial charge is 0.231 e. The first-order chi connectivity index (χ1) is 13.4. The van der Waals surface area contributed by atoms with E-state index in [-0.39, 0.29) is 17.3 Å². The first kappa shape index (κ1) is 19.3. The molecule has 2 aromatic rings. The van der Waals surface area contributed by atoms with E-state index < -0.39 is 0 Å². The second-order valence-electron chi connectivity index (χ2n) is 7.40. The summed E-state index contributed by atoms with van der Waals surface area (Å²) in [6.45, 7) is 4.82. The molecule has 2 aliphatic rings. The second-order valence-corrected chi connectivity index (χ2v) is 8.21. The molecule has 146 valence electrons. The summed E-state index contributed by atoms with van der Waals surface area (Å²) in [5.74, 6) is 0.528. The molecule has 0 atom stereocenters. The summed E-state index contributed by atoms with van der Waals surface area (Å²) >= 11 is 12.4. The molecule has 4 rings (SSSR count). The van der Waals surface area contributed by atoms with Gasteiger partial charge in [-0.05, 0) is 30.3 Å². The first-order valence-corrected chi connectivity index (χ1v) is 10.1. The minimum absolute atomic E-state index is 0.155. The predicted octanol–water partition coefficient (Wildman–Crippen LogP) is 1.23. The fourth-order valence-corrected chi connectivity index (χ4v) is 4.21. The molecule has 28 heavy (non-hydrogen) atoms. The number of quaternary nitrogens is 2. The Kier molecular flexibility index (Phi) is 5.34. The van der Waals surface area contributed by atoms with Crippen molar-refractivity contribution in [3.05, 3.63) is 62.8 Å². The minimum atomic E-state index is -0.231. The number of nitrogens with one attached hydrogen (secondary N) is 2. The number of piperazine rings is 1. The third kappa shape index (κ3) is 3.63. The van der Waals surface area contributed by atoms with Crippen molar-refractivity contribution in [2.75, 3.05) is 33.2 Å². The van der Waals surface area contributed by atoms with Crippen LogP contribution in [0.5, 0.6) is 11.5 Å². The van der Waals surface area contributed by atoms with Gasteiger partial charge in [0.1, 0.15) is 38.5 Å². The van der Waals surface area contributed by atoms with Gasteiger partial charge in [0.15, 0.2) is 11.5 Å². The van der Waals surface area contributed by atoms with Crippen LogP contribution in [0.3, 0.4) is 0 Å². The standard InChI is InChI=1S/C21H20Cl2N2O3/c1-24-7-9-25(10-8-24)12-15-18(26)6-5-13-20(27)19(28-21(13)15)11-14-16(22)3-2-4-17(14)23/h2-6,11,26H,7-10,12H2,1H3/p+2/b19-11+. The predicted molar refractivity (Wildman–Crippen MR) is 109 cm³/mol. The number of carbonyl (C=O) groups excluding carboxylic acids is 1. The molecule has 0 unspecified atom stereocenters. The molecule has 3 N–H and O–H groups in total. The number of allylic oxidation sites excluding steroid dienone is 1. The van der Waals surface area contributed by atoms with Gasteiger partial charge >= 0.3 is 0 Å². The molecule has 2 aliphatic heterocycles. The molecule has 2 heterocycles. The largest absolute Gasteiger partial charge is 0.507 e. The fourth-order valence-electron chi connectivity index (χ4n) is 3.70. The highest BCUT2D eigenvalue weighted by Gasteiger charge is 2.33. The number of Topliss-reactive ketones (excluding diaryl/α,β-unsaturated/α-hetero) is 1. The van der Waals surface area contributed by atoms with Crippen LogP contribution in [0.4, 0.5) is 0 Å². The van der Waals surface area contributed by atoms with E-state index >= 15 is 0 Å². The zero-order chi connectivity index (χ0) is 19.8. The van der Waals surface area contributed by atoms with Gasteiger partial charge in [0.2, 0.25) is 5.78 Å². The number of ether oxygens (including phenoxy) is 1. The van der Waals surface area contributed by atoms with Gasteiger partial charge in [-0.15, -0.1) is 0 Å². The normalized spacial score (nSPS) is 23.0. The van der Waals surface area contributed by atoms with Gasteiger partial charge in [-0.3, -0.25) is 4.79 Å². The number of hydrogen-bond acceptors (Lipinski definition) is 3. The maximum absolute atomic E-state index is 12.9. The Morgan fingerprint density at radius 1 is 1.11 bits per heavy atom. The monoisotopic (exact) mass is 420 g/mol. The van der Waals surface area contributed by atoms with Gasteiger partial charge in [-0.25, -0.2) is 0 Å². The lowest BCUT2D eigenvalue weighted by atomic mass is 10.0. The van der Waals surface area contributed by atoms with Crippen molar-refractivity contribution in [1.82, 2.24) is 0 Å². The lowest BCUT2D eigenvalue weighted by Crippen LogP contribution is -3.26. The average molecular weight is 421 g/mol. The molecular weight excluding hydrogens is 399 g/mol. The molecule has 0 aliphatic carbocycles. The third-order valence-corrected chi connectivity index (χ3v) is 6.09. The molecule has 7 heteroatoms. The van der Waals surface area contributed by atoms with Crippen molar-refractivity contribution in [2.24, 2.45) is 0 Å². The van der Waals surface area contributed by atoms with Crippen molar-refractivity contribution in [1.29, 1.82) is 0 Å². The highest BCUT2D eigenvalue weighted by atomic mass is 35.5. The van der Waals surface area contributed by atoms with Gasteiger partial charge in [-0.2, -0.15) is 0 Å². The van der Waals surface area contributed by atoms with E-state index in [9.17, 15) is 9.90 Å². The molecule has 1 fully saturated rings. The number of rotatable bonds is 3. The Morgan fingerprint density at radius 2 is 1.79 bits per heavy atom. The second kappa shape index (κ2) is 7.76. The van der Waals surface area contributed by atoms with Crippen LogP contribution in [0, 0.1) is 0 Å². The number of benzene rings is 2. The lowest BCUT2D eigenvalue weighted by Gasteiger charge is -2.27. The summed E-state index contributed by atoms with van der Waals surface area (Å²) in [5.41, 5.74) is 1.68. The number of phenols is 1. The number of carbonyl (C=O) groups is 1. The molecule has 5 nitrogen and oxygen atoms in total. The van der Waals surface area contributed by atoms with Crippen molar-refractivity contribution in [3.8, 4) is 11.5 Å². The van der Waals surface area contributed by atoms with E-state index in [1.165, 1.54) is 9.80 Å². The van der Waals surface area contributed by atoms with Crippen molar-refractivity contribution >= 4 is 35.1 Å². The van der Waals surface area contributed by atoms with E-state index in [1.54, 1.807) is 36.4 Å².